The van der Waals surface area contributed by atoms with Crippen molar-refractivity contribution in [3.63, 3.8) is 0 Å². The van der Waals surface area contributed by atoms with Gasteiger partial charge in [0, 0.05) is 23.7 Å². The van der Waals surface area contributed by atoms with E-state index >= 15 is 0 Å². The van der Waals surface area contributed by atoms with E-state index in [2.05, 4.69) is 0 Å². The van der Waals surface area contributed by atoms with Gasteiger partial charge in [-0.2, -0.15) is 0 Å². The number of hydrogen-bond acceptors (Lipinski definition) is 5. The quantitative estimate of drug-likeness (QED) is 0.270. The van der Waals surface area contributed by atoms with Gasteiger partial charge in [-0.3, -0.25) is 14.2 Å². The highest BCUT2D eigenvalue weighted by molar-refractivity contribution is 7.99. The molecule has 1 amide bonds. The van der Waals surface area contributed by atoms with Crippen LogP contribution in [0, 0.1) is 0 Å². The minimum absolute atomic E-state index is 0.0474. The first-order chi connectivity index (χ1) is 14.5. The van der Waals surface area contributed by atoms with Crippen molar-refractivity contribution in [3.05, 3.63) is 63.9 Å². The van der Waals surface area contributed by atoms with Gasteiger partial charge in [0.05, 0.1) is 17.5 Å². The predicted molar refractivity (Wildman–Crippen MR) is 121 cm³/mol. The number of nitrogens with two attached hydrogens (primary N) is 1. The van der Waals surface area contributed by atoms with Gasteiger partial charge in [-0.25, -0.2) is 4.98 Å². The molecule has 0 aliphatic rings. The molecule has 0 saturated heterocycles. The number of rotatable bonds is 11. The molecule has 1 aromatic heterocycles. The largest absolute Gasteiger partial charge is 0.493 e. The van der Waals surface area contributed by atoms with Crippen LogP contribution in [0.25, 0.3) is 10.9 Å². The maximum atomic E-state index is 13.0. The third-order valence-corrected chi connectivity index (χ3v) is 5.69. The van der Waals surface area contributed by atoms with Gasteiger partial charge in [0.25, 0.3) is 5.56 Å². The standard InChI is InChI=1S/C22H24ClN3O3S/c23-16-7-6-8-17(15-16)29-13-14-30-22-25-19-10-4-3-9-18(19)21(28)26(22)12-5-1-2-11-20(24)27/h3-4,6-10,15H,1-2,5,11-14H2,(H2,24,27). The highest BCUT2D eigenvalue weighted by Gasteiger charge is 2.11. The van der Waals surface area contributed by atoms with Gasteiger partial charge < -0.3 is 10.5 Å². The molecular formula is C22H24ClN3O3S. The molecule has 0 fully saturated rings. The van der Waals surface area contributed by atoms with Gasteiger partial charge >= 0.3 is 0 Å². The van der Waals surface area contributed by atoms with Crippen molar-refractivity contribution in [1.82, 2.24) is 9.55 Å². The number of fused-ring (bicyclic) bond motifs is 1. The van der Waals surface area contributed by atoms with Crippen LogP contribution in [0.4, 0.5) is 0 Å². The molecule has 2 aromatic carbocycles. The molecule has 0 aliphatic carbocycles. The molecule has 3 rings (SSSR count). The Balaban J connectivity index is 1.67. The van der Waals surface area contributed by atoms with Crippen molar-refractivity contribution in [2.24, 2.45) is 5.73 Å². The van der Waals surface area contributed by atoms with Gasteiger partial charge in [0.2, 0.25) is 5.91 Å². The van der Waals surface area contributed by atoms with Crippen LogP contribution in [-0.4, -0.2) is 27.8 Å². The fourth-order valence-electron chi connectivity index (χ4n) is 3.05. The summed E-state index contributed by atoms with van der Waals surface area (Å²) >= 11 is 7.46. The van der Waals surface area contributed by atoms with E-state index in [1.807, 2.05) is 30.3 Å². The average Bonchev–Trinajstić information content (AvgIpc) is 2.72. The summed E-state index contributed by atoms with van der Waals surface area (Å²) in [4.78, 5) is 28.6. The van der Waals surface area contributed by atoms with Crippen LogP contribution in [-0.2, 0) is 11.3 Å². The zero-order chi connectivity index (χ0) is 21.3. The molecule has 30 heavy (non-hydrogen) atoms. The first-order valence-electron chi connectivity index (χ1n) is 9.83. The summed E-state index contributed by atoms with van der Waals surface area (Å²) < 4.78 is 7.46. The number of nitrogens with zero attached hydrogens (tertiary/aromatic N) is 2. The zero-order valence-electron chi connectivity index (χ0n) is 16.6. The van der Waals surface area contributed by atoms with E-state index in [0.717, 1.165) is 19.3 Å². The summed E-state index contributed by atoms with van der Waals surface area (Å²) in [5.74, 6) is 1.05. The molecule has 0 saturated carbocycles. The fraction of sp³-hybridized carbons (Fsp3) is 0.318. The van der Waals surface area contributed by atoms with E-state index in [1.54, 1.807) is 22.8 Å². The van der Waals surface area contributed by atoms with Crippen LogP contribution in [0.1, 0.15) is 25.7 Å². The van der Waals surface area contributed by atoms with Crippen LogP contribution in [0.3, 0.4) is 0 Å². The summed E-state index contributed by atoms with van der Waals surface area (Å²) in [7, 11) is 0. The van der Waals surface area contributed by atoms with Crippen molar-refractivity contribution in [3.8, 4) is 5.75 Å². The first-order valence-corrected chi connectivity index (χ1v) is 11.2. The van der Waals surface area contributed by atoms with Crippen LogP contribution < -0.4 is 16.0 Å². The second-order valence-corrected chi connectivity index (χ2v) is 8.30. The normalized spacial score (nSPS) is 11.0. The predicted octanol–water partition coefficient (Wildman–Crippen LogP) is 4.27. The molecule has 6 nitrogen and oxygen atoms in total. The Kier molecular flexibility index (Phi) is 8.16. The minimum atomic E-state index is -0.296. The van der Waals surface area contributed by atoms with E-state index in [4.69, 9.17) is 27.1 Å². The third kappa shape index (κ3) is 6.24. The lowest BCUT2D eigenvalue weighted by molar-refractivity contribution is -0.118. The maximum absolute atomic E-state index is 13.0. The molecule has 0 radical (unpaired) electrons. The van der Waals surface area contributed by atoms with Gasteiger partial charge in [-0.05, 0) is 43.2 Å². The molecule has 1 heterocycles. The number of amides is 1. The van der Waals surface area contributed by atoms with Crippen LogP contribution >= 0.6 is 23.4 Å². The molecule has 8 heteroatoms. The zero-order valence-corrected chi connectivity index (χ0v) is 18.1. The molecule has 0 aliphatic heterocycles. The minimum Gasteiger partial charge on any atom is -0.493 e. The number of primary amides is 1. The molecule has 158 valence electrons. The molecule has 3 aromatic rings. The summed E-state index contributed by atoms with van der Waals surface area (Å²) in [6.45, 7) is 1.01. The Bertz CT molecular complexity index is 1070. The first kappa shape index (κ1) is 22.2. The number of aromatic nitrogens is 2. The Hall–Kier alpha value is -2.51. The van der Waals surface area contributed by atoms with Crippen molar-refractivity contribution in [2.75, 3.05) is 12.4 Å². The highest BCUT2D eigenvalue weighted by Crippen LogP contribution is 2.20. The van der Waals surface area contributed by atoms with E-state index < -0.39 is 0 Å². The number of halogens is 1. The van der Waals surface area contributed by atoms with Gasteiger partial charge in [0.1, 0.15) is 5.75 Å². The smallest absolute Gasteiger partial charge is 0.262 e. The Labute approximate surface area is 184 Å². The SMILES string of the molecule is NC(=O)CCCCCn1c(SCCOc2cccc(Cl)c2)nc2ccccc2c1=O. The summed E-state index contributed by atoms with van der Waals surface area (Å²) in [6.07, 6.45) is 2.69. The number of ether oxygens (including phenoxy) is 1. The number of benzene rings is 2. The second kappa shape index (κ2) is 11.0. The Morgan fingerprint density at radius 1 is 1.13 bits per heavy atom. The molecule has 2 N–H and O–H groups in total. The summed E-state index contributed by atoms with van der Waals surface area (Å²) in [6, 6.07) is 14.6. The van der Waals surface area contributed by atoms with E-state index in [-0.39, 0.29) is 11.5 Å². The van der Waals surface area contributed by atoms with E-state index in [0.29, 0.717) is 52.2 Å². The van der Waals surface area contributed by atoms with E-state index in [9.17, 15) is 9.59 Å². The molecule has 0 atom stereocenters. The van der Waals surface area contributed by atoms with E-state index in [1.165, 1.54) is 11.8 Å². The lowest BCUT2D eigenvalue weighted by Crippen LogP contribution is -2.24. The van der Waals surface area contributed by atoms with Crippen LogP contribution in [0.5, 0.6) is 5.75 Å². The average molecular weight is 446 g/mol. The van der Waals surface area contributed by atoms with Gasteiger partial charge in [-0.1, -0.05) is 48.0 Å². The third-order valence-electron chi connectivity index (χ3n) is 4.51. The highest BCUT2D eigenvalue weighted by atomic mass is 35.5. The summed E-state index contributed by atoms with van der Waals surface area (Å²) in [5, 5.41) is 1.90. The fourth-order valence-corrected chi connectivity index (χ4v) is 4.07. The number of para-hydroxylation sites is 1. The second-order valence-electron chi connectivity index (χ2n) is 6.80. The lowest BCUT2D eigenvalue weighted by Gasteiger charge is -2.13. The molecule has 0 unspecified atom stereocenters. The van der Waals surface area contributed by atoms with Crippen LogP contribution in [0.2, 0.25) is 5.02 Å². The number of thioether (sulfide) groups is 1. The van der Waals surface area contributed by atoms with Crippen molar-refractivity contribution < 1.29 is 9.53 Å². The monoisotopic (exact) mass is 445 g/mol. The van der Waals surface area contributed by atoms with Gasteiger partial charge in [-0.15, -0.1) is 0 Å². The van der Waals surface area contributed by atoms with Crippen molar-refractivity contribution in [1.29, 1.82) is 0 Å². The maximum Gasteiger partial charge on any atom is 0.262 e. The molecular weight excluding hydrogens is 422 g/mol. The van der Waals surface area contributed by atoms with Crippen molar-refractivity contribution in [2.45, 2.75) is 37.4 Å². The topological polar surface area (TPSA) is 87.2 Å². The van der Waals surface area contributed by atoms with Crippen LogP contribution in [0.15, 0.2) is 58.5 Å². The number of carbonyl (C=O) groups excluding carboxylic acids is 1. The Morgan fingerprint density at radius 3 is 2.77 bits per heavy atom. The van der Waals surface area contributed by atoms with Crippen molar-refractivity contribution >= 4 is 40.2 Å². The molecule has 0 spiro atoms. The number of unbranched alkanes of at least 4 members (excludes halogenated alkanes) is 2. The summed E-state index contributed by atoms with van der Waals surface area (Å²) in [5.41, 5.74) is 5.83. The van der Waals surface area contributed by atoms with Gasteiger partial charge in [0.15, 0.2) is 5.16 Å². The number of hydrogen-bond donors (Lipinski definition) is 1. The Morgan fingerprint density at radius 2 is 1.97 bits per heavy atom. The molecule has 0 bridgehead atoms. The lowest BCUT2D eigenvalue weighted by atomic mass is 10.2. The number of carbonyl (C=O) groups is 1.